The van der Waals surface area contributed by atoms with Gasteiger partial charge in [-0.15, -0.1) is 0 Å². The third kappa shape index (κ3) is 8.14. The molecule has 0 unspecified atom stereocenters. The number of ether oxygens (including phenoxy) is 3. The molecular formula is C13H22N2O3. The highest BCUT2D eigenvalue weighted by Crippen LogP contribution is 1.91. The van der Waals surface area contributed by atoms with E-state index >= 15 is 0 Å². The first-order valence-corrected chi connectivity index (χ1v) is 6.18. The summed E-state index contributed by atoms with van der Waals surface area (Å²) < 4.78 is 15.5. The standard InChI is InChI=1S/C13H22N2O3/c1-16-8-9-18-11-10-17-7-6-14-12-13-4-2-3-5-15-13/h2-5,14H,6-12H2,1H3. The van der Waals surface area contributed by atoms with Crippen molar-refractivity contribution in [2.24, 2.45) is 0 Å². The van der Waals surface area contributed by atoms with Crippen molar-refractivity contribution in [3.05, 3.63) is 30.1 Å². The molecule has 0 bridgehead atoms. The third-order valence-electron chi connectivity index (χ3n) is 2.26. The number of aromatic nitrogens is 1. The van der Waals surface area contributed by atoms with Crippen LogP contribution >= 0.6 is 0 Å². The molecular weight excluding hydrogens is 232 g/mol. The molecule has 102 valence electrons. The van der Waals surface area contributed by atoms with E-state index in [9.17, 15) is 0 Å². The largest absolute Gasteiger partial charge is 0.382 e. The molecule has 1 aromatic rings. The summed E-state index contributed by atoms with van der Waals surface area (Å²) in [5.41, 5.74) is 1.04. The summed E-state index contributed by atoms with van der Waals surface area (Å²) in [6, 6.07) is 5.89. The van der Waals surface area contributed by atoms with Gasteiger partial charge in [0.15, 0.2) is 0 Å². The van der Waals surface area contributed by atoms with Crippen LogP contribution in [0.15, 0.2) is 24.4 Å². The molecule has 0 saturated carbocycles. The molecule has 0 aromatic carbocycles. The van der Waals surface area contributed by atoms with Crippen LogP contribution in [0.3, 0.4) is 0 Å². The van der Waals surface area contributed by atoms with Crippen molar-refractivity contribution < 1.29 is 14.2 Å². The van der Waals surface area contributed by atoms with Crippen molar-refractivity contribution in [3.63, 3.8) is 0 Å². The fraction of sp³-hybridized carbons (Fsp3) is 0.615. The van der Waals surface area contributed by atoms with Crippen molar-refractivity contribution in [1.82, 2.24) is 10.3 Å². The smallest absolute Gasteiger partial charge is 0.0701 e. The molecule has 18 heavy (non-hydrogen) atoms. The lowest BCUT2D eigenvalue weighted by molar-refractivity contribution is 0.0255. The second-order valence-electron chi connectivity index (χ2n) is 3.72. The average Bonchev–Trinajstić information content (AvgIpc) is 2.42. The Morgan fingerprint density at radius 1 is 1.06 bits per heavy atom. The van der Waals surface area contributed by atoms with Crippen LogP contribution in [0.2, 0.25) is 0 Å². The van der Waals surface area contributed by atoms with Gasteiger partial charge in [-0.3, -0.25) is 4.98 Å². The summed E-state index contributed by atoms with van der Waals surface area (Å²) >= 11 is 0. The van der Waals surface area contributed by atoms with Gasteiger partial charge in [0.05, 0.1) is 38.7 Å². The van der Waals surface area contributed by atoms with Gasteiger partial charge in [-0.1, -0.05) is 6.07 Å². The fourth-order valence-electron chi connectivity index (χ4n) is 1.33. The molecule has 1 heterocycles. The van der Waals surface area contributed by atoms with Crippen LogP contribution in [0, 0.1) is 0 Å². The van der Waals surface area contributed by atoms with E-state index < -0.39 is 0 Å². The molecule has 0 saturated heterocycles. The van der Waals surface area contributed by atoms with Crippen LogP contribution in [0.25, 0.3) is 0 Å². The van der Waals surface area contributed by atoms with E-state index in [0.29, 0.717) is 33.0 Å². The summed E-state index contributed by atoms with van der Waals surface area (Å²) in [4.78, 5) is 4.22. The number of pyridine rings is 1. The minimum atomic E-state index is 0.615. The minimum absolute atomic E-state index is 0.615. The highest BCUT2D eigenvalue weighted by Gasteiger charge is 1.93. The first-order chi connectivity index (χ1) is 8.93. The van der Waals surface area contributed by atoms with E-state index in [0.717, 1.165) is 18.8 Å². The monoisotopic (exact) mass is 254 g/mol. The maximum absolute atomic E-state index is 5.40. The number of nitrogens with one attached hydrogen (secondary N) is 1. The SMILES string of the molecule is COCCOCCOCCNCc1ccccn1. The Labute approximate surface area is 108 Å². The summed E-state index contributed by atoms with van der Waals surface area (Å²) in [5.74, 6) is 0. The lowest BCUT2D eigenvalue weighted by Crippen LogP contribution is -2.20. The van der Waals surface area contributed by atoms with Gasteiger partial charge in [-0.2, -0.15) is 0 Å². The van der Waals surface area contributed by atoms with Crippen LogP contribution in [-0.2, 0) is 20.8 Å². The molecule has 0 aliphatic carbocycles. The Morgan fingerprint density at radius 3 is 2.56 bits per heavy atom. The summed E-state index contributed by atoms with van der Waals surface area (Å²) in [7, 11) is 1.66. The first-order valence-electron chi connectivity index (χ1n) is 6.18. The van der Waals surface area contributed by atoms with Crippen molar-refractivity contribution in [2.75, 3.05) is 46.7 Å². The van der Waals surface area contributed by atoms with Gasteiger partial charge in [0.25, 0.3) is 0 Å². The van der Waals surface area contributed by atoms with Crippen molar-refractivity contribution in [1.29, 1.82) is 0 Å². The quantitative estimate of drug-likeness (QED) is 0.593. The second kappa shape index (κ2) is 11.1. The molecule has 0 atom stereocenters. The maximum Gasteiger partial charge on any atom is 0.0701 e. The van der Waals surface area contributed by atoms with Crippen LogP contribution < -0.4 is 5.32 Å². The van der Waals surface area contributed by atoms with E-state index in [1.165, 1.54) is 0 Å². The van der Waals surface area contributed by atoms with E-state index in [4.69, 9.17) is 14.2 Å². The van der Waals surface area contributed by atoms with Gasteiger partial charge in [0.2, 0.25) is 0 Å². The molecule has 1 N–H and O–H groups in total. The summed E-state index contributed by atoms with van der Waals surface area (Å²) in [5, 5.41) is 3.26. The minimum Gasteiger partial charge on any atom is -0.382 e. The topological polar surface area (TPSA) is 52.6 Å². The molecule has 0 amide bonds. The van der Waals surface area contributed by atoms with Gasteiger partial charge in [-0.25, -0.2) is 0 Å². The molecule has 0 radical (unpaired) electrons. The molecule has 1 rings (SSSR count). The predicted molar refractivity (Wildman–Crippen MR) is 69.5 cm³/mol. The molecule has 5 heteroatoms. The predicted octanol–water partition coefficient (Wildman–Crippen LogP) is 0.851. The fourth-order valence-corrected chi connectivity index (χ4v) is 1.33. The van der Waals surface area contributed by atoms with E-state index in [-0.39, 0.29) is 0 Å². The van der Waals surface area contributed by atoms with Crippen LogP contribution in [0.5, 0.6) is 0 Å². The van der Waals surface area contributed by atoms with E-state index in [1.54, 1.807) is 13.3 Å². The van der Waals surface area contributed by atoms with Gasteiger partial charge in [-0.05, 0) is 12.1 Å². The van der Waals surface area contributed by atoms with Crippen LogP contribution in [0.4, 0.5) is 0 Å². The maximum atomic E-state index is 5.40. The number of methoxy groups -OCH3 is 1. The molecule has 0 aliphatic rings. The summed E-state index contributed by atoms with van der Waals surface area (Å²) in [6.45, 7) is 4.76. The van der Waals surface area contributed by atoms with Crippen LogP contribution in [-0.4, -0.2) is 51.7 Å². The van der Waals surface area contributed by atoms with Crippen molar-refractivity contribution in [2.45, 2.75) is 6.54 Å². The Kier molecular flexibility index (Phi) is 9.28. The third-order valence-corrected chi connectivity index (χ3v) is 2.26. The molecule has 0 aliphatic heterocycles. The molecule has 5 nitrogen and oxygen atoms in total. The molecule has 1 aromatic heterocycles. The number of hydrogen-bond acceptors (Lipinski definition) is 5. The molecule has 0 spiro atoms. The van der Waals surface area contributed by atoms with Crippen molar-refractivity contribution in [3.8, 4) is 0 Å². The normalized spacial score (nSPS) is 10.7. The van der Waals surface area contributed by atoms with Gasteiger partial charge >= 0.3 is 0 Å². The number of rotatable bonds is 11. The van der Waals surface area contributed by atoms with Gasteiger partial charge in [0, 0.05) is 26.4 Å². The van der Waals surface area contributed by atoms with Gasteiger partial charge < -0.3 is 19.5 Å². The zero-order valence-corrected chi connectivity index (χ0v) is 10.9. The molecule has 0 fully saturated rings. The Morgan fingerprint density at radius 2 is 1.83 bits per heavy atom. The summed E-state index contributed by atoms with van der Waals surface area (Å²) in [6.07, 6.45) is 1.80. The Hall–Kier alpha value is -1.01. The van der Waals surface area contributed by atoms with Gasteiger partial charge in [0.1, 0.15) is 0 Å². The Bertz CT molecular complexity index is 283. The van der Waals surface area contributed by atoms with Crippen LogP contribution in [0.1, 0.15) is 5.69 Å². The lowest BCUT2D eigenvalue weighted by Gasteiger charge is -2.06. The highest BCUT2D eigenvalue weighted by molar-refractivity contribution is 5.02. The Balaban J connectivity index is 1.82. The van der Waals surface area contributed by atoms with Crippen molar-refractivity contribution >= 4 is 0 Å². The van der Waals surface area contributed by atoms with E-state index in [1.807, 2.05) is 18.2 Å². The number of hydrogen-bond donors (Lipinski definition) is 1. The second-order valence-corrected chi connectivity index (χ2v) is 3.72. The average molecular weight is 254 g/mol. The van der Waals surface area contributed by atoms with E-state index in [2.05, 4.69) is 10.3 Å². The first kappa shape index (κ1) is 15.0. The number of nitrogens with zero attached hydrogens (tertiary/aromatic N) is 1. The zero-order chi connectivity index (χ0) is 12.9. The zero-order valence-electron chi connectivity index (χ0n) is 10.9. The lowest BCUT2D eigenvalue weighted by atomic mass is 10.3. The highest BCUT2D eigenvalue weighted by atomic mass is 16.5.